The molecule has 2 heterocycles. The third-order valence-electron chi connectivity index (χ3n) is 3.26. The molecule has 0 bridgehead atoms. The molecule has 0 radical (unpaired) electrons. The maximum absolute atomic E-state index is 11.3. The van der Waals surface area contributed by atoms with Crippen LogP contribution in [0.3, 0.4) is 0 Å². The van der Waals surface area contributed by atoms with E-state index in [4.69, 9.17) is 9.90 Å². The Balaban J connectivity index is 0.000000480. The van der Waals surface area contributed by atoms with Gasteiger partial charge >= 0.3 is 18.1 Å². The molecule has 2 N–H and O–H groups in total. The monoisotopic (exact) mass is 424 g/mol. The predicted octanol–water partition coefficient (Wildman–Crippen LogP) is 1.11. The number of esters is 1. The summed E-state index contributed by atoms with van der Waals surface area (Å²) in [6.45, 7) is 3.23. The molecule has 1 aliphatic rings. The number of halogens is 3. The van der Waals surface area contributed by atoms with Gasteiger partial charge in [0.2, 0.25) is 0 Å². The van der Waals surface area contributed by atoms with E-state index in [-0.39, 0.29) is 22.9 Å². The summed E-state index contributed by atoms with van der Waals surface area (Å²) in [6.07, 6.45) is -0.813. The number of carboxylic acid groups (broad SMARTS) is 1. The van der Waals surface area contributed by atoms with E-state index in [9.17, 15) is 22.8 Å². The van der Waals surface area contributed by atoms with E-state index in [0.717, 1.165) is 25.1 Å². The Kier molecular flexibility index (Phi) is 9.12. The molecule has 0 aromatic carbocycles. The minimum absolute atomic E-state index is 0.0382. The molecule has 1 unspecified atom stereocenters. The van der Waals surface area contributed by atoms with Crippen molar-refractivity contribution in [3.05, 3.63) is 17.7 Å². The number of carbonyl (C=O) groups excluding carboxylic acids is 2. The van der Waals surface area contributed by atoms with Gasteiger partial charge in [0.25, 0.3) is 0 Å². The topological polar surface area (TPSA) is 123 Å². The number of methoxy groups -OCH3 is 1. The van der Waals surface area contributed by atoms with Gasteiger partial charge in [-0.15, -0.1) is 0 Å². The number of carbonyl (C=O) groups is 3. The van der Waals surface area contributed by atoms with E-state index >= 15 is 0 Å². The number of hydrogen-bond acceptors (Lipinski definition) is 8. The zero-order valence-electron chi connectivity index (χ0n) is 15.0. The Hall–Kier alpha value is -2.41. The SMILES string of the molecule is COC(=O)Cn1cnc(/C=C2\CNCCC2SC(C)=O)n1.O=C(O)C(F)(F)F. The van der Waals surface area contributed by atoms with Gasteiger partial charge in [0, 0.05) is 18.7 Å². The molecule has 0 saturated carbocycles. The molecule has 1 fully saturated rings. The highest BCUT2D eigenvalue weighted by molar-refractivity contribution is 8.14. The van der Waals surface area contributed by atoms with Crippen LogP contribution in [0.2, 0.25) is 0 Å². The first-order valence-corrected chi connectivity index (χ1v) is 8.75. The lowest BCUT2D eigenvalue weighted by Gasteiger charge is -2.24. The molecular weight excluding hydrogens is 405 g/mol. The second kappa shape index (κ2) is 10.8. The first-order chi connectivity index (χ1) is 13.0. The molecule has 0 aliphatic carbocycles. The van der Waals surface area contributed by atoms with Crippen LogP contribution in [-0.2, 0) is 25.7 Å². The van der Waals surface area contributed by atoms with Gasteiger partial charge in [-0.2, -0.15) is 18.3 Å². The zero-order valence-corrected chi connectivity index (χ0v) is 15.8. The van der Waals surface area contributed by atoms with Crippen molar-refractivity contribution in [2.24, 2.45) is 0 Å². The number of alkyl halides is 3. The van der Waals surface area contributed by atoms with Gasteiger partial charge in [0.05, 0.1) is 7.11 Å². The van der Waals surface area contributed by atoms with Crippen LogP contribution in [0.15, 0.2) is 11.9 Å². The number of nitrogens with zero attached hydrogens (tertiary/aromatic N) is 3. The van der Waals surface area contributed by atoms with Crippen LogP contribution in [-0.4, -0.2) is 68.6 Å². The molecule has 13 heteroatoms. The summed E-state index contributed by atoms with van der Waals surface area (Å²) in [5, 5.41) is 14.9. The molecule has 0 spiro atoms. The van der Waals surface area contributed by atoms with Gasteiger partial charge in [-0.3, -0.25) is 9.59 Å². The van der Waals surface area contributed by atoms with Crippen molar-refractivity contribution in [3.8, 4) is 0 Å². The Labute approximate surface area is 162 Å². The van der Waals surface area contributed by atoms with Crippen molar-refractivity contribution in [2.45, 2.75) is 31.3 Å². The second-order valence-electron chi connectivity index (χ2n) is 5.46. The molecule has 1 aromatic heterocycles. The first-order valence-electron chi connectivity index (χ1n) is 7.87. The molecular formula is C15H19F3N4O5S. The summed E-state index contributed by atoms with van der Waals surface area (Å²) in [4.78, 5) is 35.5. The fraction of sp³-hybridized carbons (Fsp3) is 0.533. The molecule has 0 amide bonds. The highest BCUT2D eigenvalue weighted by Gasteiger charge is 2.38. The van der Waals surface area contributed by atoms with E-state index < -0.39 is 12.1 Å². The average Bonchev–Trinajstić information content (AvgIpc) is 3.02. The van der Waals surface area contributed by atoms with E-state index in [1.54, 1.807) is 6.92 Å². The lowest BCUT2D eigenvalue weighted by Crippen LogP contribution is -2.32. The van der Waals surface area contributed by atoms with Crippen molar-refractivity contribution in [1.29, 1.82) is 0 Å². The number of rotatable bonds is 4. The standard InChI is InChI=1S/C13H18N4O3S.C2HF3O2/c1-9(18)21-11-3-4-14-6-10(11)5-12-15-8-17(16-12)7-13(19)20-2;3-2(4,5)1(6)7/h5,8,11,14H,3-4,6-7H2,1-2H3;(H,6,7)/b10-5+;. The van der Waals surface area contributed by atoms with Crippen LogP contribution < -0.4 is 5.32 Å². The smallest absolute Gasteiger partial charge is 0.475 e. The molecule has 1 aromatic rings. The van der Waals surface area contributed by atoms with Gasteiger partial charge in [0.15, 0.2) is 10.9 Å². The number of thioether (sulfide) groups is 1. The van der Waals surface area contributed by atoms with Crippen LogP contribution in [0.4, 0.5) is 13.2 Å². The van der Waals surface area contributed by atoms with E-state index in [1.807, 2.05) is 6.08 Å². The van der Waals surface area contributed by atoms with E-state index in [0.29, 0.717) is 5.82 Å². The highest BCUT2D eigenvalue weighted by atomic mass is 32.2. The van der Waals surface area contributed by atoms with Crippen molar-refractivity contribution in [1.82, 2.24) is 20.1 Å². The maximum atomic E-state index is 11.3. The first kappa shape index (κ1) is 23.6. The molecule has 1 atom stereocenters. The summed E-state index contributed by atoms with van der Waals surface area (Å²) < 4.78 is 37.7. The van der Waals surface area contributed by atoms with Gasteiger partial charge in [-0.05, 0) is 24.6 Å². The van der Waals surface area contributed by atoms with Crippen LogP contribution in [0.5, 0.6) is 0 Å². The number of ether oxygens (including phenoxy) is 1. The Morgan fingerprint density at radius 3 is 2.64 bits per heavy atom. The molecule has 1 saturated heterocycles. The number of carboxylic acids is 1. The Morgan fingerprint density at radius 1 is 1.46 bits per heavy atom. The Morgan fingerprint density at radius 2 is 2.11 bits per heavy atom. The van der Waals surface area contributed by atoms with Crippen molar-refractivity contribution in [2.75, 3.05) is 20.2 Å². The fourth-order valence-electron chi connectivity index (χ4n) is 2.06. The largest absolute Gasteiger partial charge is 0.490 e. The molecule has 2 rings (SSSR count). The number of piperidine rings is 1. The fourth-order valence-corrected chi connectivity index (χ4v) is 3.00. The lowest BCUT2D eigenvalue weighted by molar-refractivity contribution is -0.192. The molecule has 156 valence electrons. The summed E-state index contributed by atoms with van der Waals surface area (Å²) in [7, 11) is 1.33. The normalized spacial score (nSPS) is 18.2. The summed E-state index contributed by atoms with van der Waals surface area (Å²) in [5.74, 6) is -2.59. The molecule has 9 nitrogen and oxygen atoms in total. The second-order valence-corrected chi connectivity index (χ2v) is 6.84. The van der Waals surface area contributed by atoms with Gasteiger partial charge < -0.3 is 15.2 Å². The highest BCUT2D eigenvalue weighted by Crippen LogP contribution is 2.26. The van der Waals surface area contributed by atoms with Gasteiger partial charge in [-0.1, -0.05) is 11.8 Å². The van der Waals surface area contributed by atoms with E-state index in [1.165, 1.54) is 29.9 Å². The third-order valence-corrected chi connectivity index (χ3v) is 4.42. The van der Waals surface area contributed by atoms with Crippen molar-refractivity contribution in [3.63, 3.8) is 0 Å². The van der Waals surface area contributed by atoms with Crippen molar-refractivity contribution >= 4 is 34.9 Å². The van der Waals surface area contributed by atoms with Gasteiger partial charge in [-0.25, -0.2) is 14.5 Å². The molecule has 1 aliphatic heterocycles. The zero-order chi connectivity index (χ0) is 21.3. The quantitative estimate of drug-likeness (QED) is 0.684. The lowest BCUT2D eigenvalue weighted by atomic mass is 10.1. The van der Waals surface area contributed by atoms with Crippen LogP contribution in [0.25, 0.3) is 6.08 Å². The van der Waals surface area contributed by atoms with Crippen LogP contribution >= 0.6 is 11.8 Å². The Bertz CT molecular complexity index is 736. The average molecular weight is 424 g/mol. The minimum Gasteiger partial charge on any atom is -0.475 e. The minimum atomic E-state index is -5.08. The van der Waals surface area contributed by atoms with Crippen LogP contribution in [0, 0.1) is 0 Å². The third kappa shape index (κ3) is 8.52. The van der Waals surface area contributed by atoms with Crippen LogP contribution in [0.1, 0.15) is 19.2 Å². The molecule has 28 heavy (non-hydrogen) atoms. The number of hydrogen-bond donors (Lipinski definition) is 2. The van der Waals surface area contributed by atoms with E-state index in [2.05, 4.69) is 20.1 Å². The summed E-state index contributed by atoms with van der Waals surface area (Å²) >= 11 is 1.34. The number of nitrogens with one attached hydrogen (secondary N) is 1. The maximum Gasteiger partial charge on any atom is 0.490 e. The predicted molar refractivity (Wildman–Crippen MR) is 93.3 cm³/mol. The van der Waals surface area contributed by atoms with Crippen molar-refractivity contribution < 1.29 is 37.4 Å². The summed E-state index contributed by atoms with van der Waals surface area (Å²) in [5.41, 5.74) is 1.09. The number of aromatic nitrogens is 3. The van der Waals surface area contributed by atoms with Gasteiger partial charge in [0.1, 0.15) is 12.9 Å². The number of aliphatic carboxylic acids is 1. The summed E-state index contributed by atoms with van der Waals surface area (Å²) in [6, 6.07) is 0.